The van der Waals surface area contributed by atoms with Crippen molar-refractivity contribution in [2.75, 3.05) is 48.0 Å². The molecule has 0 radical (unpaired) electrons. The molecule has 0 aliphatic heterocycles. The van der Waals surface area contributed by atoms with Crippen LogP contribution in [0, 0.1) is 6.92 Å². The summed E-state index contributed by atoms with van der Waals surface area (Å²) in [4.78, 5) is 15.4. The van der Waals surface area contributed by atoms with Crippen LogP contribution in [-0.2, 0) is 11.3 Å². The number of likely N-dealkylation sites (N-methyl/N-ethyl adjacent to an activating group) is 2. The van der Waals surface area contributed by atoms with Gasteiger partial charge in [-0.15, -0.1) is 0 Å². The van der Waals surface area contributed by atoms with Crippen molar-refractivity contribution in [3.05, 3.63) is 52.5 Å². The number of benzene rings is 2. The third-order valence-corrected chi connectivity index (χ3v) is 4.99. The molecule has 0 saturated heterocycles. The van der Waals surface area contributed by atoms with Crippen molar-refractivity contribution in [1.29, 1.82) is 0 Å². The highest BCUT2D eigenvalue weighted by molar-refractivity contribution is 6.30. The van der Waals surface area contributed by atoms with E-state index in [0.29, 0.717) is 36.2 Å². The van der Waals surface area contributed by atoms with Crippen LogP contribution in [0.25, 0.3) is 0 Å². The molecule has 2 rings (SSSR count). The molecule has 1 amide bonds. The largest absolute Gasteiger partial charge is 0.493 e. The fourth-order valence-electron chi connectivity index (χ4n) is 2.89. The van der Waals surface area contributed by atoms with Crippen molar-refractivity contribution in [2.45, 2.75) is 13.5 Å². The minimum Gasteiger partial charge on any atom is -0.493 e. The fraction of sp³-hybridized carbons (Fsp3) is 0.409. The number of hydrogen-bond acceptors (Lipinski definition) is 4. The number of hydrogen-bond donors (Lipinski definition) is 1. The number of nitrogens with zero attached hydrogens (tertiary/aromatic N) is 1. The number of quaternary nitrogens is 1. The third-order valence-electron chi connectivity index (χ3n) is 4.74. The average Bonchev–Trinajstić information content (AvgIpc) is 2.70. The first-order valence-corrected chi connectivity index (χ1v) is 9.87. The smallest absolute Gasteiger partial charge is 0.277 e. The minimum atomic E-state index is 0.0724. The zero-order valence-corrected chi connectivity index (χ0v) is 18.5. The molecule has 6 nitrogen and oxygen atoms in total. The lowest BCUT2D eigenvalue weighted by molar-refractivity contribution is -0.871. The lowest BCUT2D eigenvalue weighted by Crippen LogP contribution is -3.10. The Labute approximate surface area is 177 Å². The fourth-order valence-corrected chi connectivity index (χ4v) is 3.02. The number of ether oxygens (including phenoxy) is 3. The molecular weight excluding hydrogens is 392 g/mol. The summed E-state index contributed by atoms with van der Waals surface area (Å²) in [6.07, 6.45) is 0. The van der Waals surface area contributed by atoms with E-state index in [1.807, 2.05) is 45.3 Å². The number of nitrogens with one attached hydrogen (secondary N) is 1. The van der Waals surface area contributed by atoms with Crippen LogP contribution in [0.1, 0.15) is 11.1 Å². The summed E-state index contributed by atoms with van der Waals surface area (Å²) in [6, 6.07) is 11.1. The molecule has 158 valence electrons. The molecule has 0 heterocycles. The first-order chi connectivity index (χ1) is 13.8. The van der Waals surface area contributed by atoms with E-state index in [4.69, 9.17) is 25.8 Å². The van der Waals surface area contributed by atoms with Crippen molar-refractivity contribution in [3.8, 4) is 17.2 Å². The molecule has 2 aromatic carbocycles. The van der Waals surface area contributed by atoms with E-state index in [1.165, 1.54) is 0 Å². The van der Waals surface area contributed by atoms with Gasteiger partial charge in [0.05, 0.1) is 21.3 Å². The van der Waals surface area contributed by atoms with E-state index in [1.54, 1.807) is 31.3 Å². The predicted octanol–water partition coefficient (Wildman–Crippen LogP) is 2.22. The molecule has 1 unspecified atom stereocenters. The van der Waals surface area contributed by atoms with Gasteiger partial charge in [0.25, 0.3) is 5.91 Å². The van der Waals surface area contributed by atoms with Crippen LogP contribution in [0.3, 0.4) is 0 Å². The monoisotopic (exact) mass is 421 g/mol. The normalized spacial score (nSPS) is 11.7. The van der Waals surface area contributed by atoms with Crippen LogP contribution in [-0.4, -0.2) is 58.8 Å². The van der Waals surface area contributed by atoms with E-state index >= 15 is 0 Å². The molecule has 0 aromatic heterocycles. The molecule has 1 atom stereocenters. The first kappa shape index (κ1) is 22.8. The maximum atomic E-state index is 12.6. The second kappa shape index (κ2) is 10.9. The lowest BCUT2D eigenvalue weighted by Gasteiger charge is -2.22. The Hall–Kier alpha value is -2.44. The van der Waals surface area contributed by atoms with E-state index in [-0.39, 0.29) is 5.91 Å². The van der Waals surface area contributed by atoms with Gasteiger partial charge in [0, 0.05) is 18.6 Å². The number of halogens is 1. The zero-order valence-electron chi connectivity index (χ0n) is 17.8. The number of methoxy groups -OCH3 is 2. The summed E-state index contributed by atoms with van der Waals surface area (Å²) >= 11 is 5.87. The molecule has 0 fully saturated rings. The van der Waals surface area contributed by atoms with Crippen LogP contribution in [0.2, 0.25) is 5.02 Å². The van der Waals surface area contributed by atoms with E-state index in [2.05, 4.69) is 0 Å². The van der Waals surface area contributed by atoms with Gasteiger partial charge in [-0.1, -0.05) is 11.6 Å². The second-order valence-corrected chi connectivity index (χ2v) is 7.51. The topological polar surface area (TPSA) is 52.4 Å². The summed E-state index contributed by atoms with van der Waals surface area (Å²) in [6.45, 7) is 4.16. The second-order valence-electron chi connectivity index (χ2n) is 7.07. The van der Waals surface area contributed by atoms with Crippen molar-refractivity contribution in [2.24, 2.45) is 0 Å². The van der Waals surface area contributed by atoms with E-state index in [0.717, 1.165) is 28.3 Å². The number of aryl methyl sites for hydroxylation is 1. The van der Waals surface area contributed by atoms with Gasteiger partial charge < -0.3 is 24.0 Å². The number of carbonyl (C=O) groups is 1. The maximum absolute atomic E-state index is 12.6. The van der Waals surface area contributed by atoms with Crippen molar-refractivity contribution in [1.82, 2.24) is 4.90 Å². The first-order valence-electron chi connectivity index (χ1n) is 9.49. The standard InChI is InChI=1S/C22H29ClN2O4/c1-16-12-20(27-4)21(28-5)13-17(16)14-25(3)22(26)15-24(2)10-11-29-19-8-6-18(23)7-9-19/h6-9,12-13H,10-11,14-15H2,1-5H3/p+1. The van der Waals surface area contributed by atoms with Gasteiger partial charge in [-0.05, 0) is 54.4 Å². The predicted molar refractivity (Wildman–Crippen MR) is 114 cm³/mol. The number of rotatable bonds is 10. The Balaban J connectivity index is 1.84. The molecule has 2 aromatic rings. The Kier molecular flexibility index (Phi) is 8.61. The van der Waals surface area contributed by atoms with Crippen LogP contribution in [0.15, 0.2) is 36.4 Å². The van der Waals surface area contributed by atoms with E-state index in [9.17, 15) is 4.79 Å². The van der Waals surface area contributed by atoms with Gasteiger partial charge in [-0.25, -0.2) is 0 Å². The summed E-state index contributed by atoms with van der Waals surface area (Å²) in [7, 11) is 7.02. The summed E-state index contributed by atoms with van der Waals surface area (Å²) in [5.74, 6) is 2.20. The zero-order chi connectivity index (χ0) is 21.4. The highest BCUT2D eigenvalue weighted by Crippen LogP contribution is 2.30. The van der Waals surface area contributed by atoms with Gasteiger partial charge >= 0.3 is 0 Å². The summed E-state index contributed by atoms with van der Waals surface area (Å²) in [5.41, 5.74) is 2.08. The number of amides is 1. The van der Waals surface area contributed by atoms with Crippen molar-refractivity contribution in [3.63, 3.8) is 0 Å². The third kappa shape index (κ3) is 6.84. The van der Waals surface area contributed by atoms with E-state index < -0.39 is 0 Å². The highest BCUT2D eigenvalue weighted by Gasteiger charge is 2.17. The Bertz CT molecular complexity index is 811. The number of carbonyl (C=O) groups excluding carboxylic acids is 1. The quantitative estimate of drug-likeness (QED) is 0.639. The van der Waals surface area contributed by atoms with Crippen molar-refractivity contribution < 1.29 is 23.9 Å². The Morgan fingerprint density at radius 2 is 1.72 bits per heavy atom. The Morgan fingerprint density at radius 1 is 1.10 bits per heavy atom. The van der Waals surface area contributed by atoms with Gasteiger partial charge in [0.1, 0.15) is 18.9 Å². The molecule has 7 heteroatoms. The van der Waals surface area contributed by atoms with Crippen molar-refractivity contribution >= 4 is 17.5 Å². The SMILES string of the molecule is COc1cc(C)c(CN(C)C(=O)C[NH+](C)CCOc2ccc(Cl)cc2)cc1OC. The van der Waals surface area contributed by atoms with Gasteiger partial charge in [0.2, 0.25) is 0 Å². The van der Waals surface area contributed by atoms with Crippen LogP contribution < -0.4 is 19.1 Å². The Morgan fingerprint density at radius 3 is 2.34 bits per heavy atom. The van der Waals surface area contributed by atoms with Crippen LogP contribution in [0.4, 0.5) is 0 Å². The molecule has 0 aliphatic rings. The van der Waals surface area contributed by atoms with Gasteiger partial charge in [-0.2, -0.15) is 0 Å². The molecule has 0 spiro atoms. The molecule has 29 heavy (non-hydrogen) atoms. The molecular formula is C22H30ClN2O4+. The van der Waals surface area contributed by atoms with Gasteiger partial charge in [-0.3, -0.25) is 4.79 Å². The summed E-state index contributed by atoms with van der Waals surface area (Å²) in [5, 5.41) is 0.679. The molecule has 0 bridgehead atoms. The lowest BCUT2D eigenvalue weighted by atomic mass is 10.1. The molecule has 1 N–H and O–H groups in total. The average molecular weight is 422 g/mol. The van der Waals surface area contributed by atoms with Crippen LogP contribution in [0.5, 0.6) is 17.2 Å². The van der Waals surface area contributed by atoms with Gasteiger partial charge in [0.15, 0.2) is 18.0 Å². The molecule has 0 aliphatic carbocycles. The molecule has 0 saturated carbocycles. The van der Waals surface area contributed by atoms with Crippen LogP contribution >= 0.6 is 11.6 Å². The minimum absolute atomic E-state index is 0.0724. The maximum Gasteiger partial charge on any atom is 0.277 e. The highest BCUT2D eigenvalue weighted by atomic mass is 35.5. The summed E-state index contributed by atoms with van der Waals surface area (Å²) < 4.78 is 16.4.